The molecule has 0 saturated carbocycles. The van der Waals surface area contributed by atoms with Crippen LogP contribution in [0.25, 0.3) is 12.3 Å². The van der Waals surface area contributed by atoms with Gasteiger partial charge in [0, 0.05) is 11.8 Å². The van der Waals surface area contributed by atoms with Crippen LogP contribution in [0.5, 0.6) is 0 Å². The van der Waals surface area contributed by atoms with E-state index in [2.05, 4.69) is 32.1 Å². The normalized spacial score (nSPS) is 11.1. The molecular formula is C12H16N2. The van der Waals surface area contributed by atoms with Crippen molar-refractivity contribution in [3.05, 3.63) is 42.8 Å². The molecule has 0 aliphatic heterocycles. The van der Waals surface area contributed by atoms with Gasteiger partial charge in [0.05, 0.1) is 11.9 Å². The quantitative estimate of drug-likeness (QED) is 0.663. The van der Waals surface area contributed by atoms with Crippen LogP contribution in [0, 0.1) is 0 Å². The predicted octanol–water partition coefficient (Wildman–Crippen LogP) is 3.31. The summed E-state index contributed by atoms with van der Waals surface area (Å²) in [6, 6.07) is 0. The highest BCUT2D eigenvalue weighted by molar-refractivity contribution is 5.54. The van der Waals surface area contributed by atoms with Gasteiger partial charge in [0.1, 0.15) is 0 Å². The standard InChI is InChI=1S/C12H16N2/c1-5-7-8-12-11(10(3)4)9-13-14(12)6-2/h5-10H,1-2H2,3-4H3/b8-7-. The summed E-state index contributed by atoms with van der Waals surface area (Å²) >= 11 is 0. The van der Waals surface area contributed by atoms with Gasteiger partial charge in [-0.3, -0.25) is 0 Å². The molecule has 2 heteroatoms. The second-order valence-electron chi connectivity index (χ2n) is 3.36. The summed E-state index contributed by atoms with van der Waals surface area (Å²) < 4.78 is 1.77. The Bertz CT molecular complexity index is 356. The maximum atomic E-state index is 4.22. The van der Waals surface area contributed by atoms with Crippen molar-refractivity contribution < 1.29 is 0 Å². The molecule has 0 saturated heterocycles. The van der Waals surface area contributed by atoms with E-state index >= 15 is 0 Å². The SMILES string of the molecule is C=C/C=C\c1c(C(C)C)cnn1C=C. The molecule has 0 aliphatic carbocycles. The second kappa shape index (κ2) is 4.61. The van der Waals surface area contributed by atoms with Crippen molar-refractivity contribution in [3.63, 3.8) is 0 Å². The van der Waals surface area contributed by atoms with Crippen LogP contribution in [0.3, 0.4) is 0 Å². The first-order valence-corrected chi connectivity index (χ1v) is 4.69. The highest BCUT2D eigenvalue weighted by Crippen LogP contribution is 2.20. The van der Waals surface area contributed by atoms with E-state index in [1.165, 1.54) is 5.56 Å². The fourth-order valence-corrected chi connectivity index (χ4v) is 1.31. The van der Waals surface area contributed by atoms with E-state index in [4.69, 9.17) is 0 Å². The van der Waals surface area contributed by atoms with Crippen molar-refractivity contribution in [2.24, 2.45) is 0 Å². The summed E-state index contributed by atoms with van der Waals surface area (Å²) in [6.07, 6.45) is 9.24. The molecule has 2 nitrogen and oxygen atoms in total. The largest absolute Gasteiger partial charge is 0.241 e. The molecule has 0 aliphatic rings. The van der Waals surface area contributed by atoms with E-state index in [0.29, 0.717) is 5.92 Å². The maximum Gasteiger partial charge on any atom is 0.0695 e. The lowest BCUT2D eigenvalue weighted by molar-refractivity contribution is 0.861. The number of rotatable bonds is 4. The van der Waals surface area contributed by atoms with Gasteiger partial charge in [0.25, 0.3) is 0 Å². The average molecular weight is 188 g/mol. The second-order valence-corrected chi connectivity index (χ2v) is 3.36. The molecule has 1 rings (SSSR count). The molecule has 0 radical (unpaired) electrons. The molecule has 0 atom stereocenters. The van der Waals surface area contributed by atoms with Crippen molar-refractivity contribution in [2.45, 2.75) is 19.8 Å². The summed E-state index contributed by atoms with van der Waals surface area (Å²) in [5.74, 6) is 0.466. The Balaban J connectivity index is 3.18. The summed E-state index contributed by atoms with van der Waals surface area (Å²) in [5.41, 5.74) is 2.30. The Hall–Kier alpha value is -1.57. The van der Waals surface area contributed by atoms with Gasteiger partial charge in [-0.05, 0) is 12.0 Å². The summed E-state index contributed by atoms with van der Waals surface area (Å²) in [7, 11) is 0. The van der Waals surface area contributed by atoms with Gasteiger partial charge >= 0.3 is 0 Å². The third kappa shape index (κ3) is 2.02. The Labute approximate surface area is 85.3 Å². The minimum Gasteiger partial charge on any atom is -0.241 e. The topological polar surface area (TPSA) is 17.8 Å². The Morgan fingerprint density at radius 3 is 2.64 bits per heavy atom. The molecule has 0 aromatic carbocycles. The van der Waals surface area contributed by atoms with E-state index in [1.807, 2.05) is 18.3 Å². The molecule has 1 aromatic rings. The predicted molar refractivity (Wildman–Crippen MR) is 61.9 cm³/mol. The van der Waals surface area contributed by atoms with Crippen molar-refractivity contribution in [1.29, 1.82) is 0 Å². The zero-order valence-electron chi connectivity index (χ0n) is 8.77. The van der Waals surface area contributed by atoms with Crippen LogP contribution in [0.1, 0.15) is 31.0 Å². The van der Waals surface area contributed by atoms with Crippen molar-refractivity contribution >= 4 is 12.3 Å². The number of aromatic nitrogens is 2. The van der Waals surface area contributed by atoms with Gasteiger partial charge in [0.15, 0.2) is 0 Å². The van der Waals surface area contributed by atoms with E-state index in [0.717, 1.165) is 5.69 Å². The minimum absolute atomic E-state index is 0.466. The Morgan fingerprint density at radius 1 is 1.43 bits per heavy atom. The summed E-state index contributed by atoms with van der Waals surface area (Å²) in [6.45, 7) is 11.7. The molecular weight excluding hydrogens is 172 g/mol. The van der Waals surface area contributed by atoms with Crippen molar-refractivity contribution in [1.82, 2.24) is 9.78 Å². The molecule has 0 bridgehead atoms. The van der Waals surface area contributed by atoms with Crippen LogP contribution in [0.15, 0.2) is 31.5 Å². The van der Waals surface area contributed by atoms with E-state index in [1.54, 1.807) is 17.0 Å². The van der Waals surface area contributed by atoms with Crippen LogP contribution in [0.4, 0.5) is 0 Å². The van der Waals surface area contributed by atoms with Gasteiger partial charge in [-0.2, -0.15) is 5.10 Å². The van der Waals surface area contributed by atoms with Gasteiger partial charge in [-0.1, -0.05) is 39.2 Å². The first kappa shape index (κ1) is 10.5. The van der Waals surface area contributed by atoms with Gasteiger partial charge in [-0.25, -0.2) is 4.68 Å². The van der Waals surface area contributed by atoms with Crippen molar-refractivity contribution in [3.8, 4) is 0 Å². The fourth-order valence-electron chi connectivity index (χ4n) is 1.31. The van der Waals surface area contributed by atoms with Crippen molar-refractivity contribution in [2.75, 3.05) is 0 Å². The lowest BCUT2D eigenvalue weighted by Gasteiger charge is -2.03. The molecule has 0 fully saturated rings. The lowest BCUT2D eigenvalue weighted by Crippen LogP contribution is -1.94. The zero-order chi connectivity index (χ0) is 10.6. The molecule has 0 unspecified atom stereocenters. The van der Waals surface area contributed by atoms with Crippen LogP contribution in [0.2, 0.25) is 0 Å². The first-order chi connectivity index (χ1) is 6.70. The van der Waals surface area contributed by atoms with Crippen LogP contribution in [-0.2, 0) is 0 Å². The van der Waals surface area contributed by atoms with Gasteiger partial charge in [-0.15, -0.1) is 0 Å². The minimum atomic E-state index is 0.466. The number of nitrogens with zero attached hydrogens (tertiary/aromatic N) is 2. The molecule has 0 amide bonds. The number of hydrogen-bond donors (Lipinski definition) is 0. The van der Waals surface area contributed by atoms with Crippen LogP contribution < -0.4 is 0 Å². The summed E-state index contributed by atoms with van der Waals surface area (Å²) in [4.78, 5) is 0. The fraction of sp³-hybridized carbons (Fsp3) is 0.250. The highest BCUT2D eigenvalue weighted by Gasteiger charge is 2.08. The van der Waals surface area contributed by atoms with E-state index in [9.17, 15) is 0 Å². The zero-order valence-corrected chi connectivity index (χ0v) is 8.77. The molecule has 0 spiro atoms. The van der Waals surface area contributed by atoms with E-state index < -0.39 is 0 Å². The average Bonchev–Trinajstić information content (AvgIpc) is 2.57. The van der Waals surface area contributed by atoms with Gasteiger partial charge < -0.3 is 0 Å². The molecule has 0 N–H and O–H groups in total. The van der Waals surface area contributed by atoms with Crippen LogP contribution in [-0.4, -0.2) is 9.78 Å². The molecule has 1 aromatic heterocycles. The molecule has 1 heterocycles. The third-order valence-corrected chi connectivity index (χ3v) is 2.05. The molecule has 74 valence electrons. The lowest BCUT2D eigenvalue weighted by atomic mass is 10.0. The smallest absolute Gasteiger partial charge is 0.0695 e. The first-order valence-electron chi connectivity index (χ1n) is 4.69. The number of allylic oxidation sites excluding steroid dienone is 2. The highest BCUT2D eigenvalue weighted by atomic mass is 15.3. The van der Waals surface area contributed by atoms with Crippen LogP contribution >= 0.6 is 0 Å². The monoisotopic (exact) mass is 188 g/mol. The maximum absolute atomic E-state index is 4.22. The summed E-state index contributed by atoms with van der Waals surface area (Å²) in [5, 5.41) is 4.22. The van der Waals surface area contributed by atoms with Gasteiger partial charge in [0.2, 0.25) is 0 Å². The third-order valence-electron chi connectivity index (χ3n) is 2.05. The Kier molecular flexibility index (Phi) is 3.46. The Morgan fingerprint density at radius 2 is 2.14 bits per heavy atom. The number of hydrogen-bond acceptors (Lipinski definition) is 1. The van der Waals surface area contributed by atoms with E-state index in [-0.39, 0.29) is 0 Å². The molecule has 14 heavy (non-hydrogen) atoms.